The highest BCUT2D eigenvalue weighted by Crippen LogP contribution is 2.00. The largest absolute Gasteiger partial charge is 0.513 e. The molecular formula is C8H16O. The number of aliphatic hydroxyl groups is 1. The van der Waals surface area contributed by atoms with Crippen molar-refractivity contribution in [3.63, 3.8) is 0 Å². The molecule has 0 atom stereocenters. The quantitative estimate of drug-likeness (QED) is 0.455. The smallest absolute Gasteiger partial charge is 0.0880 e. The summed E-state index contributed by atoms with van der Waals surface area (Å²) in [5.41, 5.74) is 0. The van der Waals surface area contributed by atoms with Gasteiger partial charge in [0.2, 0.25) is 0 Å². The van der Waals surface area contributed by atoms with E-state index in [0.717, 1.165) is 12.8 Å². The molecule has 9 heavy (non-hydrogen) atoms. The topological polar surface area (TPSA) is 20.2 Å². The van der Waals surface area contributed by atoms with E-state index in [0.29, 0.717) is 5.76 Å². The minimum absolute atomic E-state index is 0.531. The molecule has 0 saturated carbocycles. The molecule has 0 unspecified atom stereocenters. The first kappa shape index (κ1) is 8.54. The summed E-state index contributed by atoms with van der Waals surface area (Å²) in [5.74, 6) is 0.531. The van der Waals surface area contributed by atoms with Crippen LogP contribution in [0.25, 0.3) is 0 Å². The second kappa shape index (κ2) is 5.67. The zero-order valence-electron chi connectivity index (χ0n) is 6.35. The van der Waals surface area contributed by atoms with Gasteiger partial charge in [-0.25, -0.2) is 0 Å². The van der Waals surface area contributed by atoms with E-state index >= 15 is 0 Å². The fourth-order valence-electron chi connectivity index (χ4n) is 0.617. The molecule has 0 aliphatic heterocycles. The third-order valence-corrected chi connectivity index (χ3v) is 1.30. The molecule has 0 amide bonds. The number of aliphatic hydroxyl groups excluding tert-OH is 1. The highest BCUT2D eigenvalue weighted by molar-refractivity contribution is 4.88. The molecule has 0 spiro atoms. The molecule has 0 rings (SSSR count). The standard InChI is InChI=1S/C8H16O/c1-3-5-6-7-8(9)4-2/h7,9H,3-6H2,1-2H3. The highest BCUT2D eigenvalue weighted by Gasteiger charge is 1.84. The van der Waals surface area contributed by atoms with E-state index in [1.807, 2.05) is 13.0 Å². The van der Waals surface area contributed by atoms with Crippen molar-refractivity contribution in [2.45, 2.75) is 39.5 Å². The summed E-state index contributed by atoms with van der Waals surface area (Å²) >= 11 is 0. The lowest BCUT2D eigenvalue weighted by atomic mass is 10.2. The first-order valence-electron chi connectivity index (χ1n) is 3.69. The van der Waals surface area contributed by atoms with Crippen LogP contribution in [0.5, 0.6) is 0 Å². The lowest BCUT2D eigenvalue weighted by Gasteiger charge is -1.92. The van der Waals surface area contributed by atoms with Gasteiger partial charge in [-0.1, -0.05) is 20.3 Å². The number of allylic oxidation sites excluding steroid dienone is 2. The minimum Gasteiger partial charge on any atom is -0.513 e. The van der Waals surface area contributed by atoms with Crippen LogP contribution in [0.1, 0.15) is 39.5 Å². The maximum atomic E-state index is 8.95. The highest BCUT2D eigenvalue weighted by atomic mass is 16.3. The van der Waals surface area contributed by atoms with Crippen LogP contribution in [0.3, 0.4) is 0 Å². The number of rotatable bonds is 4. The Morgan fingerprint density at radius 3 is 2.56 bits per heavy atom. The third kappa shape index (κ3) is 5.41. The zero-order valence-corrected chi connectivity index (χ0v) is 6.35. The average molecular weight is 128 g/mol. The molecule has 0 saturated heterocycles. The van der Waals surface area contributed by atoms with Crippen molar-refractivity contribution in [3.05, 3.63) is 11.8 Å². The Labute approximate surface area is 57.4 Å². The second-order valence-electron chi connectivity index (χ2n) is 2.19. The molecule has 0 aromatic heterocycles. The molecule has 1 nitrogen and oxygen atoms in total. The predicted molar refractivity (Wildman–Crippen MR) is 40.5 cm³/mol. The molecular weight excluding hydrogens is 112 g/mol. The maximum Gasteiger partial charge on any atom is 0.0880 e. The normalized spacial score (nSPS) is 12.0. The number of hydrogen-bond acceptors (Lipinski definition) is 1. The Kier molecular flexibility index (Phi) is 5.38. The van der Waals surface area contributed by atoms with Gasteiger partial charge in [-0.15, -0.1) is 0 Å². The van der Waals surface area contributed by atoms with Crippen molar-refractivity contribution in [2.24, 2.45) is 0 Å². The Hall–Kier alpha value is -0.460. The molecule has 0 bridgehead atoms. The van der Waals surface area contributed by atoms with Gasteiger partial charge >= 0.3 is 0 Å². The number of unbranched alkanes of at least 4 members (excludes halogenated alkanes) is 2. The molecule has 0 aliphatic rings. The van der Waals surface area contributed by atoms with Gasteiger partial charge in [0.05, 0.1) is 5.76 Å². The van der Waals surface area contributed by atoms with E-state index in [1.54, 1.807) is 0 Å². The van der Waals surface area contributed by atoms with E-state index < -0.39 is 0 Å². The first-order chi connectivity index (χ1) is 4.31. The van der Waals surface area contributed by atoms with Crippen LogP contribution in [0.2, 0.25) is 0 Å². The van der Waals surface area contributed by atoms with E-state index in [9.17, 15) is 0 Å². The van der Waals surface area contributed by atoms with Gasteiger partial charge < -0.3 is 5.11 Å². The van der Waals surface area contributed by atoms with E-state index in [2.05, 4.69) is 6.92 Å². The first-order valence-corrected chi connectivity index (χ1v) is 3.69. The van der Waals surface area contributed by atoms with Gasteiger partial charge in [-0.3, -0.25) is 0 Å². The lowest BCUT2D eigenvalue weighted by Crippen LogP contribution is -1.76. The Bertz CT molecular complexity index is 84.6. The molecule has 0 aromatic rings. The molecule has 0 aromatic carbocycles. The zero-order chi connectivity index (χ0) is 7.11. The summed E-state index contributed by atoms with van der Waals surface area (Å²) in [5, 5.41) is 8.95. The number of hydrogen-bond donors (Lipinski definition) is 1. The van der Waals surface area contributed by atoms with E-state index in [-0.39, 0.29) is 0 Å². The lowest BCUT2D eigenvalue weighted by molar-refractivity contribution is 0.391. The molecule has 0 aliphatic carbocycles. The van der Waals surface area contributed by atoms with Gasteiger partial charge in [0, 0.05) is 6.42 Å². The van der Waals surface area contributed by atoms with Crippen molar-refractivity contribution < 1.29 is 5.11 Å². The predicted octanol–water partition coefficient (Wildman–Crippen LogP) is 3.03. The van der Waals surface area contributed by atoms with Crippen molar-refractivity contribution in [3.8, 4) is 0 Å². The van der Waals surface area contributed by atoms with Crippen LogP contribution >= 0.6 is 0 Å². The van der Waals surface area contributed by atoms with E-state index in [4.69, 9.17) is 5.11 Å². The summed E-state index contributed by atoms with van der Waals surface area (Å²) in [6, 6.07) is 0. The SMILES string of the molecule is CCCCC=C(O)CC. The van der Waals surface area contributed by atoms with Crippen molar-refractivity contribution >= 4 is 0 Å². The van der Waals surface area contributed by atoms with Crippen LogP contribution in [0, 0.1) is 0 Å². The van der Waals surface area contributed by atoms with Gasteiger partial charge in [0.15, 0.2) is 0 Å². The van der Waals surface area contributed by atoms with Gasteiger partial charge in [0.25, 0.3) is 0 Å². The average Bonchev–Trinajstić information content (AvgIpc) is 1.89. The van der Waals surface area contributed by atoms with Gasteiger partial charge in [-0.2, -0.15) is 0 Å². The fraction of sp³-hybridized carbons (Fsp3) is 0.750. The van der Waals surface area contributed by atoms with Crippen LogP contribution in [0.4, 0.5) is 0 Å². The monoisotopic (exact) mass is 128 g/mol. The Morgan fingerprint density at radius 1 is 1.44 bits per heavy atom. The molecule has 1 heteroatoms. The van der Waals surface area contributed by atoms with E-state index in [1.165, 1.54) is 12.8 Å². The molecule has 54 valence electrons. The summed E-state index contributed by atoms with van der Waals surface area (Å²) in [7, 11) is 0. The molecule has 1 N–H and O–H groups in total. The molecule has 0 fully saturated rings. The summed E-state index contributed by atoms with van der Waals surface area (Å²) in [6.07, 6.45) is 6.08. The summed E-state index contributed by atoms with van der Waals surface area (Å²) < 4.78 is 0. The van der Waals surface area contributed by atoms with Gasteiger partial charge in [0.1, 0.15) is 0 Å². The van der Waals surface area contributed by atoms with Crippen LogP contribution in [-0.2, 0) is 0 Å². The fourth-order valence-corrected chi connectivity index (χ4v) is 0.617. The summed E-state index contributed by atoms with van der Waals surface area (Å²) in [4.78, 5) is 0. The van der Waals surface area contributed by atoms with Crippen molar-refractivity contribution in [1.82, 2.24) is 0 Å². The summed E-state index contributed by atoms with van der Waals surface area (Å²) in [6.45, 7) is 4.11. The Morgan fingerprint density at radius 2 is 2.11 bits per heavy atom. The van der Waals surface area contributed by atoms with Gasteiger partial charge in [-0.05, 0) is 18.9 Å². The molecule has 0 radical (unpaired) electrons. The third-order valence-electron chi connectivity index (χ3n) is 1.30. The van der Waals surface area contributed by atoms with Crippen molar-refractivity contribution in [2.75, 3.05) is 0 Å². The van der Waals surface area contributed by atoms with Crippen molar-refractivity contribution in [1.29, 1.82) is 0 Å². The maximum absolute atomic E-state index is 8.95. The van der Waals surface area contributed by atoms with Crippen LogP contribution in [0.15, 0.2) is 11.8 Å². The Balaban J connectivity index is 3.21. The van der Waals surface area contributed by atoms with Crippen LogP contribution in [-0.4, -0.2) is 5.11 Å². The van der Waals surface area contributed by atoms with Crippen LogP contribution < -0.4 is 0 Å². The second-order valence-corrected chi connectivity index (χ2v) is 2.19. The minimum atomic E-state index is 0.531. The molecule has 0 heterocycles.